The first-order valence-electron chi connectivity index (χ1n) is 7.89. The van der Waals surface area contributed by atoms with Crippen LogP contribution in [0, 0.1) is 5.41 Å². The van der Waals surface area contributed by atoms with Crippen LogP contribution in [0.3, 0.4) is 0 Å². The second kappa shape index (κ2) is 22.9. The number of ether oxygens (including phenoxy) is 1. The minimum absolute atomic E-state index is 0. The zero-order valence-electron chi connectivity index (χ0n) is 14.5. The number of rotatable bonds is 12. The van der Waals surface area contributed by atoms with E-state index in [4.69, 9.17) is 20.0 Å². The molecule has 0 aliphatic carbocycles. The van der Waals surface area contributed by atoms with E-state index in [2.05, 4.69) is 6.92 Å². The molecule has 0 aliphatic heterocycles. The Balaban J connectivity index is -0.000000640. The van der Waals surface area contributed by atoms with Crippen molar-refractivity contribution in [3.05, 3.63) is 0 Å². The van der Waals surface area contributed by atoms with Crippen LogP contribution in [0.15, 0.2) is 0 Å². The average molecular weight is 323 g/mol. The van der Waals surface area contributed by atoms with Crippen LogP contribution in [-0.2, 0) is 14.3 Å². The summed E-state index contributed by atoms with van der Waals surface area (Å²) in [7, 11) is 0. The Bertz CT molecular complexity index is 269. The fourth-order valence-electron chi connectivity index (χ4n) is 1.80. The smallest absolute Gasteiger partial charge is 0.550 e. The van der Waals surface area contributed by atoms with Crippen LogP contribution in [0.1, 0.15) is 78.1 Å². The zero-order chi connectivity index (χ0) is 16.3. The maximum absolute atomic E-state index is 10.6. The second-order valence-corrected chi connectivity index (χ2v) is 4.99. The largest absolute Gasteiger partial charge is 1.00 e. The fraction of sp³-hybridized carbons (Fsp3) is 0.812. The number of nitrogens with one attached hydrogen (secondary N) is 1. The van der Waals surface area contributed by atoms with E-state index in [1.165, 1.54) is 51.4 Å². The summed E-state index contributed by atoms with van der Waals surface area (Å²) in [6.07, 6.45) is 13.5. The Hall–Kier alpha value is -0.390. The molecule has 0 radical (unpaired) electrons. The number of esters is 1. The van der Waals surface area contributed by atoms with Crippen LogP contribution in [0.4, 0.5) is 0 Å². The van der Waals surface area contributed by atoms with Crippen LogP contribution in [0.2, 0.25) is 0 Å². The van der Waals surface area contributed by atoms with Gasteiger partial charge in [0.25, 0.3) is 0 Å². The van der Waals surface area contributed by atoms with Crippen LogP contribution >= 0.6 is 0 Å². The summed E-state index contributed by atoms with van der Waals surface area (Å²) in [4.78, 5) is 19.5. The molecule has 0 atom stereocenters. The summed E-state index contributed by atoms with van der Waals surface area (Å²) in [5.41, 5.74) is 0. The Morgan fingerprint density at radius 1 is 0.955 bits per heavy atom. The van der Waals surface area contributed by atoms with Gasteiger partial charge in [0, 0.05) is 5.97 Å². The summed E-state index contributed by atoms with van der Waals surface area (Å²) in [5, 5.41) is 15.5. The van der Waals surface area contributed by atoms with E-state index >= 15 is 0 Å². The molecule has 0 saturated carbocycles. The van der Waals surface area contributed by atoms with Crippen molar-refractivity contribution in [1.29, 1.82) is 5.41 Å². The number of hydrogen-bond acceptors (Lipinski definition) is 5. The van der Waals surface area contributed by atoms with E-state index in [-0.39, 0.29) is 29.6 Å². The second-order valence-electron chi connectivity index (χ2n) is 4.99. The number of carboxylic acid groups (broad SMARTS) is 1. The topological polar surface area (TPSA) is 90.3 Å². The van der Waals surface area contributed by atoms with Gasteiger partial charge >= 0.3 is 35.5 Å². The molecular weight excluding hydrogens is 293 g/mol. The van der Waals surface area contributed by atoms with Gasteiger partial charge in [0.05, 0.1) is 6.61 Å². The Kier molecular flexibility index (Phi) is 27.6. The van der Waals surface area contributed by atoms with Gasteiger partial charge in [-0.1, -0.05) is 64.7 Å². The van der Waals surface area contributed by atoms with Crippen LogP contribution < -0.4 is 34.7 Å². The summed E-state index contributed by atoms with van der Waals surface area (Å²) in [5.74, 6) is -1.61. The molecule has 0 fully saturated rings. The van der Waals surface area contributed by atoms with Crippen molar-refractivity contribution >= 4 is 18.2 Å². The molecule has 0 spiro atoms. The minimum atomic E-state index is -1.08. The molecule has 1 N–H and O–H groups in total. The zero-order valence-corrected chi connectivity index (χ0v) is 16.5. The van der Waals surface area contributed by atoms with Crippen molar-refractivity contribution in [2.45, 2.75) is 78.1 Å². The van der Waals surface area contributed by atoms with E-state index < -0.39 is 11.9 Å². The first-order chi connectivity index (χ1) is 10.0. The molecule has 0 heterocycles. The van der Waals surface area contributed by atoms with Crippen molar-refractivity contribution in [3.63, 3.8) is 0 Å². The molecule has 0 saturated heterocycles. The van der Waals surface area contributed by atoms with E-state index in [0.717, 1.165) is 26.0 Å². The molecule has 0 aromatic carbocycles. The summed E-state index contributed by atoms with van der Waals surface area (Å²) >= 11 is 0. The first-order valence-corrected chi connectivity index (χ1v) is 7.89. The molecule has 0 unspecified atom stereocenters. The third-order valence-corrected chi connectivity index (χ3v) is 2.86. The monoisotopic (exact) mass is 323 g/mol. The van der Waals surface area contributed by atoms with Gasteiger partial charge in [-0.05, 0) is 13.3 Å². The summed E-state index contributed by atoms with van der Waals surface area (Å²) < 4.78 is 4.78. The number of carbonyl (C=O) groups is 2. The summed E-state index contributed by atoms with van der Waals surface area (Å²) in [6.45, 7) is 3.68. The molecule has 0 aromatic rings. The molecule has 0 bridgehead atoms. The molecule has 124 valence electrons. The fourth-order valence-corrected chi connectivity index (χ4v) is 1.80. The molecule has 0 amide bonds. The van der Waals surface area contributed by atoms with Crippen LogP contribution in [0.5, 0.6) is 0 Å². The standard InChI is InChI=1S/C14H27NO2.C2H4O2.Na/c1-2-3-4-5-6-7-8-9-10-11-12-17-14(16)13-15;1-2(3)4;/h13,15H,2-12H2,1H3;1H3,(H,3,4);/q;;+1/p-1. The third-order valence-electron chi connectivity index (χ3n) is 2.86. The maximum Gasteiger partial charge on any atom is 1.00 e. The van der Waals surface area contributed by atoms with Gasteiger partial charge in [-0.3, -0.25) is 0 Å². The minimum Gasteiger partial charge on any atom is -0.550 e. The molecule has 22 heavy (non-hydrogen) atoms. The third kappa shape index (κ3) is 31.8. The Morgan fingerprint density at radius 3 is 1.68 bits per heavy atom. The molecular formula is C16H30NNaO4. The van der Waals surface area contributed by atoms with Gasteiger partial charge in [-0.25, -0.2) is 4.79 Å². The number of unbranched alkanes of at least 4 members (excludes halogenated alkanes) is 9. The molecule has 6 heteroatoms. The molecule has 0 aromatic heterocycles. The average Bonchev–Trinajstić information content (AvgIpc) is 2.43. The predicted octanol–water partition coefficient (Wildman–Crippen LogP) is -0.140. The van der Waals surface area contributed by atoms with Gasteiger partial charge in [0.15, 0.2) is 0 Å². The Morgan fingerprint density at radius 2 is 1.32 bits per heavy atom. The maximum atomic E-state index is 10.6. The van der Waals surface area contributed by atoms with Gasteiger partial charge in [0.2, 0.25) is 0 Å². The van der Waals surface area contributed by atoms with Crippen molar-refractivity contribution in [3.8, 4) is 0 Å². The molecule has 0 rings (SSSR count). The van der Waals surface area contributed by atoms with Crippen molar-refractivity contribution in [1.82, 2.24) is 0 Å². The van der Waals surface area contributed by atoms with Crippen molar-refractivity contribution < 1.29 is 49.0 Å². The number of hydrogen-bond donors (Lipinski definition) is 1. The van der Waals surface area contributed by atoms with Gasteiger partial charge in [-0.15, -0.1) is 0 Å². The van der Waals surface area contributed by atoms with Crippen molar-refractivity contribution in [2.75, 3.05) is 6.61 Å². The normalized spacial score (nSPS) is 9.00. The van der Waals surface area contributed by atoms with E-state index in [1.807, 2.05) is 0 Å². The SMILES string of the molecule is CC(=O)[O-].CCCCCCCCCCCCOC(=O)C=N.[Na+]. The summed E-state index contributed by atoms with van der Waals surface area (Å²) in [6, 6.07) is 0. The van der Waals surface area contributed by atoms with E-state index in [9.17, 15) is 4.79 Å². The quantitative estimate of drug-likeness (QED) is 0.234. The number of carboxylic acids is 1. The van der Waals surface area contributed by atoms with Crippen LogP contribution in [-0.4, -0.2) is 24.8 Å². The molecule has 0 aliphatic rings. The predicted molar refractivity (Wildman–Crippen MR) is 82.3 cm³/mol. The van der Waals surface area contributed by atoms with Crippen molar-refractivity contribution in [2.24, 2.45) is 0 Å². The van der Waals surface area contributed by atoms with E-state index in [1.54, 1.807) is 0 Å². The van der Waals surface area contributed by atoms with E-state index in [0.29, 0.717) is 6.61 Å². The first kappa shape index (κ1) is 26.5. The number of aliphatic carboxylic acids is 1. The van der Waals surface area contributed by atoms with Crippen LogP contribution in [0.25, 0.3) is 0 Å². The van der Waals surface area contributed by atoms with Gasteiger partial charge < -0.3 is 20.0 Å². The Labute approximate surface area is 157 Å². The molecule has 5 nitrogen and oxygen atoms in total. The van der Waals surface area contributed by atoms with Gasteiger partial charge in [-0.2, -0.15) is 0 Å². The van der Waals surface area contributed by atoms with Gasteiger partial charge in [0.1, 0.15) is 6.21 Å². The number of carbonyl (C=O) groups excluding carboxylic acids is 2.